The van der Waals surface area contributed by atoms with Gasteiger partial charge in [-0.2, -0.15) is 0 Å². The molecule has 0 aliphatic heterocycles. The van der Waals surface area contributed by atoms with Crippen LogP contribution in [0.3, 0.4) is 0 Å². The molecule has 6 nitrogen and oxygen atoms in total. The fraction of sp³-hybridized carbons (Fsp3) is 0.333. The molecule has 0 aromatic heterocycles. The highest BCUT2D eigenvalue weighted by molar-refractivity contribution is 5.99. The van der Waals surface area contributed by atoms with Gasteiger partial charge < -0.3 is 20.3 Å². The van der Waals surface area contributed by atoms with E-state index in [1.165, 1.54) is 13.2 Å². The molecular weight excluding hydrogens is 238 g/mol. The lowest BCUT2D eigenvalue weighted by molar-refractivity contribution is -0.140. The monoisotopic (exact) mass is 253 g/mol. The zero-order valence-corrected chi connectivity index (χ0v) is 10.1. The predicted octanol–water partition coefficient (Wildman–Crippen LogP) is 0.530. The second kappa shape index (κ2) is 6.02. The number of carbonyl (C=O) groups excluding carboxylic acids is 1. The van der Waals surface area contributed by atoms with E-state index in [1.807, 2.05) is 0 Å². The highest BCUT2D eigenvalue weighted by atomic mass is 16.5. The van der Waals surface area contributed by atoms with Gasteiger partial charge in [0.15, 0.2) is 6.04 Å². The number of amides is 1. The largest absolute Gasteiger partial charge is 0.507 e. The van der Waals surface area contributed by atoms with Gasteiger partial charge >= 0.3 is 5.97 Å². The molecule has 0 heterocycles. The molecule has 1 atom stereocenters. The van der Waals surface area contributed by atoms with Crippen molar-refractivity contribution in [1.29, 1.82) is 0 Å². The summed E-state index contributed by atoms with van der Waals surface area (Å²) in [6, 6.07) is 3.53. The summed E-state index contributed by atoms with van der Waals surface area (Å²) >= 11 is 0. The molecule has 1 aromatic rings. The number of methoxy groups -OCH3 is 1. The van der Waals surface area contributed by atoms with E-state index in [0.29, 0.717) is 5.56 Å². The Morgan fingerprint density at radius 2 is 2.11 bits per heavy atom. The first-order valence-corrected chi connectivity index (χ1v) is 5.28. The van der Waals surface area contributed by atoms with Crippen LogP contribution in [0.25, 0.3) is 0 Å². The molecule has 6 heteroatoms. The smallest absolute Gasteiger partial charge is 0.328 e. The summed E-state index contributed by atoms with van der Waals surface area (Å²) in [5, 5.41) is 20.9. The molecule has 0 spiro atoms. The van der Waals surface area contributed by atoms with Crippen molar-refractivity contribution in [1.82, 2.24) is 5.32 Å². The van der Waals surface area contributed by atoms with Crippen LogP contribution in [0, 0.1) is 6.92 Å². The van der Waals surface area contributed by atoms with Gasteiger partial charge in [0.1, 0.15) is 5.75 Å². The Kier molecular flexibility index (Phi) is 4.67. The van der Waals surface area contributed by atoms with Crippen molar-refractivity contribution < 1.29 is 24.5 Å². The lowest BCUT2D eigenvalue weighted by Crippen LogP contribution is -2.43. The summed E-state index contributed by atoms with van der Waals surface area (Å²) in [4.78, 5) is 22.7. The van der Waals surface area contributed by atoms with Crippen molar-refractivity contribution in [3.8, 4) is 5.75 Å². The molecule has 1 rings (SSSR count). The van der Waals surface area contributed by atoms with Crippen LogP contribution in [-0.4, -0.2) is 41.8 Å². The quantitative estimate of drug-likeness (QED) is 0.711. The number of aromatic hydroxyl groups is 1. The van der Waals surface area contributed by atoms with Crippen molar-refractivity contribution in [3.05, 3.63) is 29.3 Å². The lowest BCUT2D eigenvalue weighted by atomic mass is 10.1. The zero-order valence-electron chi connectivity index (χ0n) is 10.1. The molecule has 0 radical (unpaired) electrons. The fourth-order valence-corrected chi connectivity index (χ4v) is 1.42. The number of para-hydroxylation sites is 1. The van der Waals surface area contributed by atoms with E-state index in [1.54, 1.807) is 19.1 Å². The van der Waals surface area contributed by atoms with Gasteiger partial charge in [0.05, 0.1) is 12.2 Å². The van der Waals surface area contributed by atoms with Crippen molar-refractivity contribution in [2.75, 3.05) is 13.7 Å². The Labute approximate surface area is 104 Å². The molecule has 0 saturated carbocycles. The Hall–Kier alpha value is -2.08. The van der Waals surface area contributed by atoms with E-state index in [0.717, 1.165) is 0 Å². The molecule has 0 aliphatic rings. The van der Waals surface area contributed by atoms with E-state index in [9.17, 15) is 14.7 Å². The van der Waals surface area contributed by atoms with Gasteiger partial charge in [-0.05, 0) is 18.6 Å². The van der Waals surface area contributed by atoms with E-state index in [-0.39, 0.29) is 17.9 Å². The molecule has 0 saturated heterocycles. The third-order valence-corrected chi connectivity index (χ3v) is 2.42. The number of carboxylic acids is 1. The second-order valence-electron chi connectivity index (χ2n) is 3.79. The molecule has 1 amide bonds. The SMILES string of the molecule is COCC(NC(=O)c1cccc(C)c1O)C(=O)O. The number of carboxylic acid groups (broad SMARTS) is 1. The third-order valence-electron chi connectivity index (χ3n) is 2.42. The molecular formula is C12H15NO5. The maximum absolute atomic E-state index is 11.8. The molecule has 3 N–H and O–H groups in total. The maximum Gasteiger partial charge on any atom is 0.328 e. The van der Waals surface area contributed by atoms with Crippen molar-refractivity contribution in [2.24, 2.45) is 0 Å². The number of carbonyl (C=O) groups is 2. The van der Waals surface area contributed by atoms with Crippen molar-refractivity contribution in [2.45, 2.75) is 13.0 Å². The molecule has 0 aliphatic carbocycles. The summed E-state index contributed by atoms with van der Waals surface area (Å²) in [6.45, 7) is 1.50. The number of ether oxygens (including phenoxy) is 1. The minimum atomic E-state index is -1.20. The number of rotatable bonds is 5. The minimum Gasteiger partial charge on any atom is -0.507 e. The molecule has 18 heavy (non-hydrogen) atoms. The van der Waals surface area contributed by atoms with E-state index >= 15 is 0 Å². The van der Waals surface area contributed by atoms with Gasteiger partial charge in [0.25, 0.3) is 5.91 Å². The lowest BCUT2D eigenvalue weighted by Gasteiger charge is -2.14. The van der Waals surface area contributed by atoms with Crippen LogP contribution in [-0.2, 0) is 9.53 Å². The number of hydrogen-bond acceptors (Lipinski definition) is 4. The van der Waals surface area contributed by atoms with E-state index in [4.69, 9.17) is 9.84 Å². The predicted molar refractivity (Wildman–Crippen MR) is 63.6 cm³/mol. The van der Waals surface area contributed by atoms with Crippen molar-refractivity contribution in [3.63, 3.8) is 0 Å². The fourth-order valence-electron chi connectivity index (χ4n) is 1.42. The summed E-state index contributed by atoms with van der Waals surface area (Å²) in [5.41, 5.74) is 0.582. The highest BCUT2D eigenvalue weighted by Crippen LogP contribution is 2.21. The van der Waals surface area contributed by atoms with Crippen LogP contribution in [0.2, 0.25) is 0 Å². The first-order chi connectivity index (χ1) is 8.47. The van der Waals surface area contributed by atoms with Crippen molar-refractivity contribution >= 4 is 11.9 Å². The Morgan fingerprint density at radius 3 is 2.67 bits per heavy atom. The molecule has 0 fully saturated rings. The highest BCUT2D eigenvalue weighted by Gasteiger charge is 2.22. The Morgan fingerprint density at radius 1 is 1.44 bits per heavy atom. The van der Waals surface area contributed by atoms with Gasteiger partial charge in [-0.25, -0.2) is 4.79 Å². The standard InChI is InChI=1S/C12H15NO5/c1-7-4-3-5-8(10(7)14)11(15)13-9(6-18-2)12(16)17/h3-5,9,14H,6H2,1-2H3,(H,13,15)(H,16,17). The topological polar surface area (TPSA) is 95.9 Å². The first kappa shape index (κ1) is 14.0. The second-order valence-corrected chi connectivity index (χ2v) is 3.79. The molecule has 1 unspecified atom stereocenters. The van der Waals surface area contributed by atoms with Crippen LogP contribution < -0.4 is 5.32 Å². The van der Waals surface area contributed by atoms with Gasteiger partial charge in [0.2, 0.25) is 0 Å². The number of aliphatic carboxylic acids is 1. The van der Waals surface area contributed by atoms with E-state index < -0.39 is 17.9 Å². The van der Waals surface area contributed by atoms with Crippen LogP contribution >= 0.6 is 0 Å². The summed E-state index contributed by atoms with van der Waals surface area (Å²) < 4.78 is 4.70. The van der Waals surface area contributed by atoms with Gasteiger partial charge in [-0.3, -0.25) is 4.79 Å². The number of nitrogens with one attached hydrogen (secondary N) is 1. The number of aryl methyl sites for hydroxylation is 1. The molecule has 1 aromatic carbocycles. The zero-order chi connectivity index (χ0) is 13.7. The van der Waals surface area contributed by atoms with Gasteiger partial charge in [-0.1, -0.05) is 12.1 Å². The number of phenolic OH excluding ortho intramolecular Hbond substituents is 1. The minimum absolute atomic E-state index is 0.0392. The Bertz CT molecular complexity index is 458. The first-order valence-electron chi connectivity index (χ1n) is 5.28. The van der Waals surface area contributed by atoms with Crippen LogP contribution in [0.1, 0.15) is 15.9 Å². The maximum atomic E-state index is 11.8. The van der Waals surface area contributed by atoms with E-state index in [2.05, 4.69) is 5.32 Å². The third kappa shape index (κ3) is 3.21. The normalized spacial score (nSPS) is 11.9. The average Bonchev–Trinajstić information content (AvgIpc) is 2.31. The number of hydrogen-bond donors (Lipinski definition) is 3. The molecule has 0 bridgehead atoms. The van der Waals surface area contributed by atoms with Crippen LogP contribution in [0.15, 0.2) is 18.2 Å². The number of phenols is 1. The van der Waals surface area contributed by atoms with Crippen LogP contribution in [0.4, 0.5) is 0 Å². The summed E-state index contributed by atoms with van der Waals surface area (Å²) in [5.74, 6) is -2.01. The average molecular weight is 253 g/mol. The summed E-state index contributed by atoms with van der Waals surface area (Å²) in [7, 11) is 1.34. The van der Waals surface area contributed by atoms with Gasteiger partial charge in [-0.15, -0.1) is 0 Å². The van der Waals surface area contributed by atoms with Crippen LogP contribution in [0.5, 0.6) is 5.75 Å². The number of benzene rings is 1. The summed E-state index contributed by atoms with van der Waals surface area (Å²) in [6.07, 6.45) is 0. The molecule has 98 valence electrons. The van der Waals surface area contributed by atoms with Gasteiger partial charge in [0, 0.05) is 7.11 Å². The Balaban J connectivity index is 2.87.